The molecule has 0 bridgehead atoms. The predicted molar refractivity (Wildman–Crippen MR) is 107 cm³/mol. The lowest BCUT2D eigenvalue weighted by molar-refractivity contribution is -0.127. The summed E-state index contributed by atoms with van der Waals surface area (Å²) in [6.45, 7) is 11.1. The molecule has 1 N–H and O–H groups in total. The summed E-state index contributed by atoms with van der Waals surface area (Å²) in [7, 11) is 0. The van der Waals surface area contributed by atoms with E-state index in [9.17, 15) is 4.79 Å². The SMILES string of the molecule is CC(C)C(NC(=O)C1CCN(Cc2nc(-c3cccs3)no2)CC1)C(C)C. The van der Waals surface area contributed by atoms with E-state index in [1.807, 2.05) is 17.5 Å². The highest BCUT2D eigenvalue weighted by molar-refractivity contribution is 7.13. The lowest BCUT2D eigenvalue weighted by Gasteiger charge is -2.33. The van der Waals surface area contributed by atoms with Crippen LogP contribution in [0.1, 0.15) is 46.4 Å². The van der Waals surface area contributed by atoms with E-state index >= 15 is 0 Å². The number of hydrogen-bond acceptors (Lipinski definition) is 6. The highest BCUT2D eigenvalue weighted by Crippen LogP contribution is 2.23. The second kappa shape index (κ2) is 8.97. The number of thiophene rings is 1. The minimum atomic E-state index is 0.102. The van der Waals surface area contributed by atoms with Gasteiger partial charge in [-0.25, -0.2) is 0 Å². The zero-order valence-electron chi connectivity index (χ0n) is 16.6. The number of carbonyl (C=O) groups is 1. The smallest absolute Gasteiger partial charge is 0.241 e. The van der Waals surface area contributed by atoms with Crippen molar-refractivity contribution in [3.05, 3.63) is 23.4 Å². The fraction of sp³-hybridized carbons (Fsp3) is 0.650. The number of likely N-dealkylation sites (tertiary alicyclic amines) is 1. The number of aromatic nitrogens is 2. The maximum absolute atomic E-state index is 12.6. The Morgan fingerprint density at radius 3 is 2.59 bits per heavy atom. The molecule has 7 heteroatoms. The van der Waals surface area contributed by atoms with Gasteiger partial charge in [0.25, 0.3) is 0 Å². The molecule has 0 spiro atoms. The third kappa shape index (κ3) is 5.17. The summed E-state index contributed by atoms with van der Waals surface area (Å²) >= 11 is 1.60. The van der Waals surface area contributed by atoms with Crippen LogP contribution in [0.15, 0.2) is 22.0 Å². The van der Waals surface area contributed by atoms with Crippen LogP contribution in [0, 0.1) is 17.8 Å². The van der Waals surface area contributed by atoms with Gasteiger partial charge in [0.2, 0.25) is 17.6 Å². The van der Waals surface area contributed by atoms with E-state index in [0.717, 1.165) is 30.8 Å². The van der Waals surface area contributed by atoms with E-state index in [1.54, 1.807) is 11.3 Å². The Labute approximate surface area is 165 Å². The van der Waals surface area contributed by atoms with Gasteiger partial charge < -0.3 is 9.84 Å². The highest BCUT2D eigenvalue weighted by Gasteiger charge is 2.28. The molecular formula is C20H30N4O2S. The van der Waals surface area contributed by atoms with Crippen molar-refractivity contribution in [1.29, 1.82) is 0 Å². The summed E-state index contributed by atoms with van der Waals surface area (Å²) in [4.78, 5) is 20.4. The van der Waals surface area contributed by atoms with Gasteiger partial charge in [0.15, 0.2) is 0 Å². The highest BCUT2D eigenvalue weighted by atomic mass is 32.1. The Bertz CT molecular complexity index is 710. The minimum Gasteiger partial charge on any atom is -0.353 e. The van der Waals surface area contributed by atoms with E-state index in [4.69, 9.17) is 4.52 Å². The third-order valence-electron chi connectivity index (χ3n) is 5.27. The van der Waals surface area contributed by atoms with Crippen molar-refractivity contribution in [2.75, 3.05) is 13.1 Å². The summed E-state index contributed by atoms with van der Waals surface area (Å²) < 4.78 is 5.40. The standard InChI is InChI=1S/C20H30N4O2S/c1-13(2)18(14(3)4)22-20(25)15-7-9-24(10-8-15)12-17-21-19(23-26-17)16-6-5-11-27-16/h5-6,11,13-15,18H,7-10,12H2,1-4H3,(H,22,25). The average Bonchev–Trinajstić information content (AvgIpc) is 3.31. The molecule has 0 aromatic carbocycles. The number of amides is 1. The first-order chi connectivity index (χ1) is 12.9. The van der Waals surface area contributed by atoms with Crippen LogP contribution in [0.3, 0.4) is 0 Å². The van der Waals surface area contributed by atoms with Crippen LogP contribution in [-0.2, 0) is 11.3 Å². The summed E-state index contributed by atoms with van der Waals surface area (Å²) in [6, 6.07) is 4.21. The number of rotatable bonds is 7. The molecule has 27 heavy (non-hydrogen) atoms. The number of nitrogens with zero attached hydrogens (tertiary/aromatic N) is 3. The van der Waals surface area contributed by atoms with Crippen molar-refractivity contribution in [2.24, 2.45) is 17.8 Å². The van der Waals surface area contributed by atoms with Gasteiger partial charge in [0.05, 0.1) is 11.4 Å². The van der Waals surface area contributed by atoms with Crippen LogP contribution in [0.25, 0.3) is 10.7 Å². The second-order valence-corrected chi connectivity index (χ2v) is 9.01. The van der Waals surface area contributed by atoms with Gasteiger partial charge in [-0.2, -0.15) is 4.98 Å². The Kier molecular flexibility index (Phi) is 6.65. The van der Waals surface area contributed by atoms with Crippen molar-refractivity contribution in [3.8, 4) is 10.7 Å². The monoisotopic (exact) mass is 390 g/mol. The molecule has 2 aromatic rings. The van der Waals surface area contributed by atoms with Crippen molar-refractivity contribution in [3.63, 3.8) is 0 Å². The Balaban J connectivity index is 1.48. The number of carbonyl (C=O) groups excluding carboxylic acids is 1. The van der Waals surface area contributed by atoms with Crippen LogP contribution < -0.4 is 5.32 Å². The molecule has 0 radical (unpaired) electrons. The molecule has 1 amide bonds. The van der Waals surface area contributed by atoms with Crippen molar-refractivity contribution in [2.45, 2.75) is 53.1 Å². The van der Waals surface area contributed by atoms with Gasteiger partial charge in [0.1, 0.15) is 0 Å². The third-order valence-corrected chi connectivity index (χ3v) is 6.14. The lowest BCUT2D eigenvalue weighted by atomic mass is 9.90. The topological polar surface area (TPSA) is 71.3 Å². The number of hydrogen-bond donors (Lipinski definition) is 1. The largest absolute Gasteiger partial charge is 0.353 e. The molecule has 0 unspecified atom stereocenters. The minimum absolute atomic E-state index is 0.102. The molecule has 1 fully saturated rings. The maximum atomic E-state index is 12.6. The van der Waals surface area contributed by atoms with E-state index in [2.05, 4.69) is 48.1 Å². The van der Waals surface area contributed by atoms with Crippen LogP contribution >= 0.6 is 11.3 Å². The fourth-order valence-corrected chi connectivity index (χ4v) is 4.40. The van der Waals surface area contributed by atoms with Gasteiger partial charge in [-0.15, -0.1) is 11.3 Å². The van der Waals surface area contributed by atoms with Crippen molar-refractivity contribution >= 4 is 17.2 Å². The molecule has 0 saturated carbocycles. The van der Waals surface area contributed by atoms with Crippen LogP contribution in [0.4, 0.5) is 0 Å². The fourth-order valence-electron chi connectivity index (χ4n) is 3.75. The van der Waals surface area contributed by atoms with Gasteiger partial charge in [-0.1, -0.05) is 38.9 Å². The molecule has 3 heterocycles. The zero-order valence-corrected chi connectivity index (χ0v) is 17.5. The molecule has 2 aromatic heterocycles. The van der Waals surface area contributed by atoms with E-state index in [0.29, 0.717) is 30.1 Å². The Morgan fingerprint density at radius 2 is 2.00 bits per heavy atom. The van der Waals surface area contributed by atoms with E-state index in [1.165, 1.54) is 0 Å². The molecule has 1 saturated heterocycles. The molecule has 6 nitrogen and oxygen atoms in total. The van der Waals surface area contributed by atoms with Gasteiger partial charge >= 0.3 is 0 Å². The normalized spacial score (nSPS) is 16.6. The first-order valence-corrected chi connectivity index (χ1v) is 10.7. The van der Waals surface area contributed by atoms with Gasteiger partial charge in [0, 0.05) is 12.0 Å². The summed E-state index contributed by atoms with van der Waals surface area (Å²) in [5.74, 6) is 2.50. The van der Waals surface area contributed by atoms with Crippen LogP contribution in [-0.4, -0.2) is 40.1 Å². The molecule has 148 valence electrons. The molecule has 0 aliphatic carbocycles. The molecule has 3 rings (SSSR count). The lowest BCUT2D eigenvalue weighted by Crippen LogP contribution is -2.47. The summed E-state index contributed by atoms with van der Waals surface area (Å²) in [5.41, 5.74) is 0. The summed E-state index contributed by atoms with van der Waals surface area (Å²) in [5, 5.41) is 9.34. The van der Waals surface area contributed by atoms with Gasteiger partial charge in [-0.3, -0.25) is 9.69 Å². The van der Waals surface area contributed by atoms with E-state index in [-0.39, 0.29) is 17.9 Å². The first kappa shape index (κ1) is 20.0. The molecule has 1 aliphatic rings. The first-order valence-electron chi connectivity index (χ1n) is 9.83. The molecule has 1 aliphatic heterocycles. The number of nitrogens with one attached hydrogen (secondary N) is 1. The van der Waals surface area contributed by atoms with Gasteiger partial charge in [-0.05, 0) is 49.2 Å². The quantitative estimate of drug-likeness (QED) is 0.778. The average molecular weight is 391 g/mol. The molecule has 0 atom stereocenters. The Hall–Kier alpha value is -1.73. The second-order valence-electron chi connectivity index (χ2n) is 8.06. The molecular weight excluding hydrogens is 360 g/mol. The summed E-state index contributed by atoms with van der Waals surface area (Å²) in [6.07, 6.45) is 1.75. The predicted octanol–water partition coefficient (Wildman–Crippen LogP) is 3.81. The van der Waals surface area contributed by atoms with Crippen LogP contribution in [0.5, 0.6) is 0 Å². The number of piperidine rings is 1. The Morgan fingerprint density at radius 1 is 1.30 bits per heavy atom. The van der Waals surface area contributed by atoms with Crippen LogP contribution in [0.2, 0.25) is 0 Å². The van der Waals surface area contributed by atoms with Crippen molar-refractivity contribution in [1.82, 2.24) is 20.4 Å². The van der Waals surface area contributed by atoms with Crippen molar-refractivity contribution < 1.29 is 9.32 Å². The van der Waals surface area contributed by atoms with E-state index < -0.39 is 0 Å². The zero-order chi connectivity index (χ0) is 19.4. The maximum Gasteiger partial charge on any atom is 0.241 e.